The van der Waals surface area contributed by atoms with Crippen molar-refractivity contribution in [2.24, 2.45) is 0 Å². The van der Waals surface area contributed by atoms with Crippen molar-refractivity contribution in [2.45, 2.75) is 52.4 Å². The fourth-order valence-electron chi connectivity index (χ4n) is 3.57. The van der Waals surface area contributed by atoms with Gasteiger partial charge in [0.15, 0.2) is 0 Å². The minimum Gasteiger partial charge on any atom is -0.0654 e. The summed E-state index contributed by atoms with van der Waals surface area (Å²) < 4.78 is 0. The highest BCUT2D eigenvalue weighted by Gasteiger charge is 2.13. The predicted molar refractivity (Wildman–Crippen MR) is 98.7 cm³/mol. The molecule has 3 rings (SSSR count). The van der Waals surface area contributed by atoms with Gasteiger partial charge in [-0.25, -0.2) is 0 Å². The van der Waals surface area contributed by atoms with Crippen molar-refractivity contribution >= 4 is 21.5 Å². The fourth-order valence-corrected chi connectivity index (χ4v) is 3.57. The molecule has 0 fully saturated rings. The summed E-state index contributed by atoms with van der Waals surface area (Å²) in [7, 11) is 0. The lowest BCUT2D eigenvalue weighted by atomic mass is 9.87. The van der Waals surface area contributed by atoms with Gasteiger partial charge in [0.05, 0.1) is 0 Å². The molecule has 3 aromatic rings. The van der Waals surface area contributed by atoms with Crippen molar-refractivity contribution in [1.82, 2.24) is 0 Å². The van der Waals surface area contributed by atoms with Gasteiger partial charge < -0.3 is 0 Å². The lowest BCUT2D eigenvalue weighted by Gasteiger charge is -2.17. The van der Waals surface area contributed by atoms with Crippen LogP contribution in [-0.2, 0) is 12.8 Å². The molecule has 0 aliphatic heterocycles. The molecular formula is C22H26. The third-order valence-electron chi connectivity index (χ3n) is 4.72. The second-order valence-corrected chi connectivity index (χ2v) is 6.26. The topological polar surface area (TPSA) is 0 Å². The molecule has 114 valence electrons. The van der Waals surface area contributed by atoms with Crippen LogP contribution in [0.25, 0.3) is 21.5 Å². The van der Waals surface area contributed by atoms with Gasteiger partial charge in [-0.3, -0.25) is 0 Å². The molecule has 0 atom stereocenters. The number of aryl methyl sites for hydroxylation is 2. The zero-order chi connectivity index (χ0) is 15.4. The first-order chi connectivity index (χ1) is 10.9. The van der Waals surface area contributed by atoms with Gasteiger partial charge in [-0.15, -0.1) is 0 Å². The molecular weight excluding hydrogens is 264 g/mol. The van der Waals surface area contributed by atoms with Crippen molar-refractivity contribution in [2.75, 3.05) is 0 Å². The Morgan fingerprint density at radius 1 is 0.545 bits per heavy atom. The molecule has 0 saturated carbocycles. The average Bonchev–Trinajstić information content (AvgIpc) is 2.58. The van der Waals surface area contributed by atoms with Crippen LogP contribution in [-0.4, -0.2) is 0 Å². The second kappa shape index (κ2) is 6.96. The first kappa shape index (κ1) is 15.1. The molecule has 0 aliphatic rings. The number of hydrogen-bond acceptors (Lipinski definition) is 0. The van der Waals surface area contributed by atoms with Crippen molar-refractivity contribution < 1.29 is 0 Å². The van der Waals surface area contributed by atoms with E-state index in [-0.39, 0.29) is 0 Å². The van der Waals surface area contributed by atoms with E-state index < -0.39 is 0 Å². The van der Waals surface area contributed by atoms with Gasteiger partial charge in [0.2, 0.25) is 0 Å². The van der Waals surface area contributed by atoms with E-state index in [4.69, 9.17) is 0 Å². The van der Waals surface area contributed by atoms with E-state index in [0.717, 1.165) is 0 Å². The van der Waals surface area contributed by atoms with Gasteiger partial charge in [0, 0.05) is 0 Å². The normalized spacial score (nSPS) is 11.4. The molecule has 0 saturated heterocycles. The molecule has 0 heteroatoms. The molecule has 0 nitrogen and oxygen atoms in total. The Balaban J connectivity index is 2.32. The fraction of sp³-hybridized carbons (Fsp3) is 0.364. The van der Waals surface area contributed by atoms with Crippen molar-refractivity contribution in [3.63, 3.8) is 0 Å². The molecule has 0 spiro atoms. The molecule has 0 unspecified atom stereocenters. The lowest BCUT2D eigenvalue weighted by Crippen LogP contribution is -1.99. The Bertz CT molecular complexity index is 701. The van der Waals surface area contributed by atoms with Gasteiger partial charge in [-0.05, 0) is 58.4 Å². The monoisotopic (exact) mass is 290 g/mol. The van der Waals surface area contributed by atoms with Crippen LogP contribution >= 0.6 is 0 Å². The zero-order valence-corrected chi connectivity index (χ0v) is 13.9. The summed E-state index contributed by atoms with van der Waals surface area (Å²) in [5, 5.41) is 5.79. The van der Waals surface area contributed by atoms with Gasteiger partial charge >= 0.3 is 0 Å². The molecule has 0 bridgehead atoms. The maximum Gasteiger partial charge on any atom is -0.0102 e. The number of hydrogen-bond donors (Lipinski definition) is 0. The maximum atomic E-state index is 2.32. The summed E-state index contributed by atoms with van der Waals surface area (Å²) in [6.07, 6.45) is 7.49. The van der Waals surface area contributed by atoms with Crippen molar-refractivity contribution in [3.05, 3.63) is 59.7 Å². The summed E-state index contributed by atoms with van der Waals surface area (Å²) in [5.41, 5.74) is 3.20. The van der Waals surface area contributed by atoms with Crippen LogP contribution in [0.3, 0.4) is 0 Å². The Labute approximate surface area is 134 Å². The van der Waals surface area contributed by atoms with Crippen LogP contribution in [0.5, 0.6) is 0 Å². The number of rotatable bonds is 6. The Morgan fingerprint density at radius 3 is 1.27 bits per heavy atom. The molecule has 0 aromatic heterocycles. The Kier molecular flexibility index (Phi) is 4.77. The molecule has 0 heterocycles. The van der Waals surface area contributed by atoms with Crippen LogP contribution < -0.4 is 0 Å². The third-order valence-corrected chi connectivity index (χ3v) is 4.72. The summed E-state index contributed by atoms with van der Waals surface area (Å²) in [6.45, 7) is 4.57. The van der Waals surface area contributed by atoms with E-state index in [1.54, 1.807) is 11.1 Å². The summed E-state index contributed by atoms with van der Waals surface area (Å²) >= 11 is 0. The highest BCUT2D eigenvalue weighted by molar-refractivity contribution is 6.10. The van der Waals surface area contributed by atoms with Crippen LogP contribution in [0.1, 0.15) is 50.7 Å². The summed E-state index contributed by atoms with van der Waals surface area (Å²) in [5.74, 6) is 0. The van der Waals surface area contributed by atoms with E-state index in [2.05, 4.69) is 62.4 Å². The standard InChI is InChI=1S/C22H26/c1-3-5-11-17-18(12-6-4-2)20-14-8-10-16-22(20)21-15-9-7-13-19(17)21/h7-10,13-16H,3-6,11-12H2,1-2H3. The molecule has 3 aromatic carbocycles. The quantitative estimate of drug-likeness (QED) is 0.444. The van der Waals surface area contributed by atoms with Gasteiger partial charge in [0.1, 0.15) is 0 Å². The highest BCUT2D eigenvalue weighted by atomic mass is 14.2. The van der Waals surface area contributed by atoms with Crippen molar-refractivity contribution in [3.8, 4) is 0 Å². The number of benzene rings is 3. The molecule has 0 N–H and O–H groups in total. The predicted octanol–water partition coefficient (Wildman–Crippen LogP) is 6.68. The van der Waals surface area contributed by atoms with Crippen molar-refractivity contribution in [1.29, 1.82) is 0 Å². The largest absolute Gasteiger partial charge is 0.0654 e. The van der Waals surface area contributed by atoms with E-state index >= 15 is 0 Å². The minimum atomic E-state index is 1.21. The number of fused-ring (bicyclic) bond motifs is 3. The van der Waals surface area contributed by atoms with Crippen LogP contribution in [0.15, 0.2) is 48.5 Å². The lowest BCUT2D eigenvalue weighted by molar-refractivity contribution is 0.765. The third kappa shape index (κ3) is 2.75. The molecule has 0 aliphatic carbocycles. The van der Waals surface area contributed by atoms with Crippen LogP contribution in [0.2, 0.25) is 0 Å². The van der Waals surface area contributed by atoms with E-state index in [0.29, 0.717) is 0 Å². The van der Waals surface area contributed by atoms with Gasteiger partial charge in [-0.1, -0.05) is 75.2 Å². The highest BCUT2D eigenvalue weighted by Crippen LogP contribution is 2.34. The Morgan fingerprint density at radius 2 is 0.909 bits per heavy atom. The minimum absolute atomic E-state index is 1.21. The first-order valence-corrected chi connectivity index (χ1v) is 8.78. The van der Waals surface area contributed by atoms with Gasteiger partial charge in [-0.2, -0.15) is 0 Å². The van der Waals surface area contributed by atoms with E-state index in [1.165, 1.54) is 60.1 Å². The molecule has 22 heavy (non-hydrogen) atoms. The summed E-state index contributed by atoms with van der Waals surface area (Å²) in [4.78, 5) is 0. The SMILES string of the molecule is CCCCc1c(CCCC)c2ccccc2c2ccccc12. The van der Waals surface area contributed by atoms with E-state index in [9.17, 15) is 0 Å². The second-order valence-electron chi connectivity index (χ2n) is 6.26. The van der Waals surface area contributed by atoms with E-state index in [1.807, 2.05) is 0 Å². The first-order valence-electron chi connectivity index (χ1n) is 8.78. The van der Waals surface area contributed by atoms with Crippen LogP contribution in [0.4, 0.5) is 0 Å². The smallest absolute Gasteiger partial charge is 0.0102 e. The van der Waals surface area contributed by atoms with Gasteiger partial charge in [0.25, 0.3) is 0 Å². The number of unbranched alkanes of at least 4 members (excludes halogenated alkanes) is 2. The Hall–Kier alpha value is -1.82. The molecule has 0 radical (unpaired) electrons. The molecule has 0 amide bonds. The maximum absolute atomic E-state index is 2.32. The zero-order valence-electron chi connectivity index (χ0n) is 13.9. The van der Waals surface area contributed by atoms with Crippen LogP contribution in [0, 0.1) is 0 Å². The summed E-state index contributed by atoms with van der Waals surface area (Å²) in [6, 6.07) is 17.9. The average molecular weight is 290 g/mol.